The van der Waals surface area contributed by atoms with Gasteiger partial charge in [-0.2, -0.15) is 0 Å². The summed E-state index contributed by atoms with van der Waals surface area (Å²) >= 11 is 5.35. The maximum absolute atomic E-state index is 5.98. The number of nitrogens with zero attached hydrogens (tertiary/aromatic N) is 2. The molecular formula is C22H21BrN2OS. The second-order valence-corrected chi connectivity index (χ2v) is 8.73. The molecular weight excluding hydrogens is 420 g/mol. The molecule has 0 spiro atoms. The summed E-state index contributed by atoms with van der Waals surface area (Å²) < 4.78 is 10.5. The number of thiophene rings is 1. The summed E-state index contributed by atoms with van der Waals surface area (Å²) in [6.45, 7) is 3.92. The van der Waals surface area contributed by atoms with E-state index in [1.165, 1.54) is 26.1 Å². The molecule has 5 heteroatoms. The first-order valence-corrected chi connectivity index (χ1v) is 10.7. The van der Waals surface area contributed by atoms with Crippen LogP contribution in [0.15, 0.2) is 65.7 Å². The van der Waals surface area contributed by atoms with Crippen molar-refractivity contribution in [2.45, 2.75) is 26.3 Å². The van der Waals surface area contributed by atoms with E-state index in [2.05, 4.69) is 74.9 Å². The minimum atomic E-state index is 0.740. The van der Waals surface area contributed by atoms with Gasteiger partial charge in [-0.15, -0.1) is 11.3 Å². The molecule has 2 aromatic carbocycles. The largest absolute Gasteiger partial charge is 0.494 e. The summed E-state index contributed by atoms with van der Waals surface area (Å²) in [5, 5.41) is 1.30. The minimum absolute atomic E-state index is 0.740. The topological polar surface area (TPSA) is 27.1 Å². The molecule has 0 aliphatic carbocycles. The van der Waals surface area contributed by atoms with Gasteiger partial charge in [0.05, 0.1) is 12.9 Å². The Kier molecular flexibility index (Phi) is 5.60. The molecule has 0 N–H and O–H groups in total. The van der Waals surface area contributed by atoms with Crippen LogP contribution < -0.4 is 4.74 Å². The first kappa shape index (κ1) is 18.3. The van der Waals surface area contributed by atoms with Crippen molar-refractivity contribution in [2.24, 2.45) is 0 Å². The Morgan fingerprint density at radius 3 is 2.74 bits per heavy atom. The van der Waals surface area contributed by atoms with Gasteiger partial charge in [-0.05, 0) is 55.7 Å². The van der Waals surface area contributed by atoms with Gasteiger partial charge in [0.15, 0.2) is 0 Å². The van der Waals surface area contributed by atoms with E-state index < -0.39 is 0 Å². The van der Waals surface area contributed by atoms with Gasteiger partial charge in [0, 0.05) is 43.9 Å². The number of aryl methyl sites for hydroxylation is 2. The third-order valence-electron chi connectivity index (χ3n) is 4.61. The predicted molar refractivity (Wildman–Crippen MR) is 117 cm³/mol. The Morgan fingerprint density at radius 2 is 1.96 bits per heavy atom. The molecule has 0 aliphatic heterocycles. The highest BCUT2D eigenvalue weighted by Crippen LogP contribution is 2.40. The number of rotatable bonds is 7. The zero-order chi connectivity index (χ0) is 18.6. The Morgan fingerprint density at radius 1 is 1.11 bits per heavy atom. The van der Waals surface area contributed by atoms with Crippen LogP contribution in [0, 0.1) is 6.92 Å². The lowest BCUT2D eigenvalue weighted by Crippen LogP contribution is -2.00. The first-order chi connectivity index (χ1) is 13.2. The SMILES string of the molecule is Cc1sc2cc(OCCCCn3ccnc3)ccc2c1-c1ccc(Br)cc1. The zero-order valence-electron chi connectivity index (χ0n) is 15.2. The van der Waals surface area contributed by atoms with Crippen LogP contribution in [0.5, 0.6) is 5.75 Å². The Hall–Kier alpha value is -2.11. The molecule has 27 heavy (non-hydrogen) atoms. The number of aromatic nitrogens is 2. The van der Waals surface area contributed by atoms with Gasteiger partial charge in [0.1, 0.15) is 5.75 Å². The van der Waals surface area contributed by atoms with Crippen molar-refractivity contribution >= 4 is 37.4 Å². The summed E-state index contributed by atoms with van der Waals surface area (Å²) in [5.74, 6) is 0.953. The van der Waals surface area contributed by atoms with Gasteiger partial charge in [-0.1, -0.05) is 28.1 Å². The molecule has 0 bridgehead atoms. The number of fused-ring (bicyclic) bond motifs is 1. The molecule has 3 nitrogen and oxygen atoms in total. The smallest absolute Gasteiger partial charge is 0.120 e. The van der Waals surface area contributed by atoms with Crippen molar-refractivity contribution in [3.05, 3.63) is 70.5 Å². The lowest BCUT2D eigenvalue weighted by Gasteiger charge is -2.07. The Labute approximate surface area is 171 Å². The summed E-state index contributed by atoms with van der Waals surface area (Å²) in [4.78, 5) is 5.40. The van der Waals surface area contributed by atoms with E-state index in [0.717, 1.165) is 36.2 Å². The molecule has 0 unspecified atom stereocenters. The van der Waals surface area contributed by atoms with E-state index in [1.54, 1.807) is 0 Å². The van der Waals surface area contributed by atoms with E-state index in [-0.39, 0.29) is 0 Å². The average molecular weight is 441 g/mol. The normalized spacial score (nSPS) is 11.2. The number of ether oxygens (including phenoxy) is 1. The van der Waals surface area contributed by atoms with Crippen molar-refractivity contribution < 1.29 is 4.74 Å². The maximum atomic E-state index is 5.98. The molecule has 4 aromatic rings. The zero-order valence-corrected chi connectivity index (χ0v) is 17.6. The van der Waals surface area contributed by atoms with Crippen LogP contribution in [0.1, 0.15) is 17.7 Å². The molecule has 0 aliphatic rings. The molecule has 2 aromatic heterocycles. The molecule has 0 amide bonds. The van der Waals surface area contributed by atoms with Crippen LogP contribution in [-0.2, 0) is 6.54 Å². The third kappa shape index (κ3) is 4.25. The quantitative estimate of drug-likeness (QED) is 0.299. The Bertz CT molecular complexity index is 1020. The van der Waals surface area contributed by atoms with Gasteiger partial charge >= 0.3 is 0 Å². The molecule has 0 saturated heterocycles. The fourth-order valence-electron chi connectivity index (χ4n) is 3.27. The van der Waals surface area contributed by atoms with Crippen LogP contribution in [0.4, 0.5) is 0 Å². The van der Waals surface area contributed by atoms with Crippen LogP contribution in [0.2, 0.25) is 0 Å². The Balaban J connectivity index is 1.43. The van der Waals surface area contributed by atoms with Crippen molar-refractivity contribution in [3.8, 4) is 16.9 Å². The van der Waals surface area contributed by atoms with Crippen molar-refractivity contribution in [3.63, 3.8) is 0 Å². The lowest BCUT2D eigenvalue weighted by molar-refractivity contribution is 0.303. The fraction of sp³-hybridized carbons (Fsp3) is 0.227. The number of hydrogen-bond donors (Lipinski definition) is 0. The van der Waals surface area contributed by atoms with Crippen molar-refractivity contribution in [2.75, 3.05) is 6.61 Å². The standard InChI is InChI=1S/C22H21BrN2OS/c1-16-22(17-4-6-18(23)7-5-17)20-9-8-19(14-21(20)27-16)26-13-3-2-11-25-12-10-24-15-25/h4-10,12,14-15H,2-3,11,13H2,1H3. The summed E-state index contributed by atoms with van der Waals surface area (Å²) in [6.07, 6.45) is 7.79. The van der Waals surface area contributed by atoms with E-state index in [1.807, 2.05) is 30.1 Å². The molecule has 138 valence electrons. The summed E-state index contributed by atoms with van der Waals surface area (Å²) in [6, 6.07) is 15.0. The number of halogens is 1. The van der Waals surface area contributed by atoms with Gasteiger partial charge in [0.2, 0.25) is 0 Å². The summed E-state index contributed by atoms with van der Waals surface area (Å²) in [5.41, 5.74) is 2.59. The first-order valence-electron chi connectivity index (χ1n) is 9.08. The molecule has 2 heterocycles. The monoisotopic (exact) mass is 440 g/mol. The highest BCUT2D eigenvalue weighted by molar-refractivity contribution is 9.10. The maximum Gasteiger partial charge on any atom is 0.120 e. The number of benzene rings is 2. The second kappa shape index (κ2) is 8.28. The average Bonchev–Trinajstić information content (AvgIpc) is 3.29. The predicted octanol–water partition coefficient (Wildman–Crippen LogP) is 6.69. The van der Waals surface area contributed by atoms with E-state index in [9.17, 15) is 0 Å². The van der Waals surface area contributed by atoms with Crippen molar-refractivity contribution in [1.29, 1.82) is 0 Å². The van der Waals surface area contributed by atoms with Crippen LogP contribution in [0.3, 0.4) is 0 Å². The third-order valence-corrected chi connectivity index (χ3v) is 6.21. The van der Waals surface area contributed by atoms with E-state index in [4.69, 9.17) is 4.74 Å². The van der Waals surface area contributed by atoms with Gasteiger partial charge in [-0.3, -0.25) is 0 Å². The molecule has 0 atom stereocenters. The van der Waals surface area contributed by atoms with Crippen molar-refractivity contribution in [1.82, 2.24) is 9.55 Å². The highest BCUT2D eigenvalue weighted by atomic mass is 79.9. The number of imidazole rings is 1. The van der Waals surface area contributed by atoms with Gasteiger partial charge < -0.3 is 9.30 Å². The minimum Gasteiger partial charge on any atom is -0.494 e. The number of unbranched alkanes of at least 4 members (excludes halogenated alkanes) is 1. The van der Waals surface area contributed by atoms with Gasteiger partial charge in [-0.25, -0.2) is 4.98 Å². The molecule has 0 fully saturated rings. The van der Waals surface area contributed by atoms with Crippen LogP contribution in [-0.4, -0.2) is 16.2 Å². The lowest BCUT2D eigenvalue weighted by atomic mass is 10.0. The molecule has 4 rings (SSSR count). The van der Waals surface area contributed by atoms with Crippen LogP contribution >= 0.6 is 27.3 Å². The van der Waals surface area contributed by atoms with Gasteiger partial charge in [0.25, 0.3) is 0 Å². The molecule has 0 radical (unpaired) electrons. The fourth-order valence-corrected chi connectivity index (χ4v) is 4.65. The van der Waals surface area contributed by atoms with Crippen LogP contribution in [0.25, 0.3) is 21.2 Å². The number of hydrogen-bond acceptors (Lipinski definition) is 3. The highest BCUT2D eigenvalue weighted by Gasteiger charge is 2.12. The second-order valence-electron chi connectivity index (χ2n) is 6.55. The summed E-state index contributed by atoms with van der Waals surface area (Å²) in [7, 11) is 0. The van der Waals surface area contributed by atoms with E-state index in [0.29, 0.717) is 0 Å². The molecule has 0 saturated carbocycles. The van der Waals surface area contributed by atoms with E-state index >= 15 is 0 Å².